The summed E-state index contributed by atoms with van der Waals surface area (Å²) in [6.07, 6.45) is 4.71. The van der Waals surface area contributed by atoms with E-state index in [1.54, 1.807) is 0 Å². The summed E-state index contributed by atoms with van der Waals surface area (Å²) < 4.78 is 6.91. The number of fused-ring (bicyclic) bond motifs is 6. The van der Waals surface area contributed by atoms with E-state index in [2.05, 4.69) is 26.3 Å². The van der Waals surface area contributed by atoms with E-state index in [1.807, 2.05) is 30.3 Å². The van der Waals surface area contributed by atoms with Crippen LogP contribution >= 0.6 is 0 Å². The number of carboxylic acids is 2. The number of hydrogen-bond donors (Lipinski definition) is 3. The van der Waals surface area contributed by atoms with Crippen molar-refractivity contribution in [2.75, 3.05) is 0 Å². The first-order valence-electron chi connectivity index (χ1n) is 16.0. The molecule has 1 aromatic carbocycles. The predicted octanol–water partition coefficient (Wildman–Crippen LogP) is 7.16. The summed E-state index contributed by atoms with van der Waals surface area (Å²) in [6, 6.07) is 9.22. The third-order valence-corrected chi connectivity index (χ3v) is 12.5. The molecule has 0 aliphatic heterocycles. The first kappa shape index (κ1) is 30.7. The van der Waals surface area contributed by atoms with Gasteiger partial charge in [0.05, 0.1) is 5.60 Å². The Morgan fingerprint density at radius 2 is 1.43 bits per heavy atom. The van der Waals surface area contributed by atoms with Crippen LogP contribution in [0.1, 0.15) is 78.9 Å². The lowest BCUT2D eigenvalue weighted by molar-refractivity contribution is -0.221. The summed E-state index contributed by atoms with van der Waals surface area (Å²) in [7, 11) is 0. The number of aliphatic carboxylic acids is 2. The van der Waals surface area contributed by atoms with Crippen molar-refractivity contribution in [3.63, 3.8) is 0 Å². The molecule has 5 aliphatic carbocycles. The van der Waals surface area contributed by atoms with Crippen molar-refractivity contribution in [1.82, 2.24) is 0 Å². The topological polar surface area (TPSA) is 121 Å². The van der Waals surface area contributed by atoms with Crippen LogP contribution in [0.3, 0.4) is 0 Å². The smallest absolute Gasteiger partial charge is 0.331 e. The number of ether oxygens (including phenoxy) is 1. The quantitative estimate of drug-likeness (QED) is 0.172. The summed E-state index contributed by atoms with van der Waals surface area (Å²) in [5.74, 6) is -2.84. The summed E-state index contributed by atoms with van der Waals surface area (Å²) in [5.41, 5.74) is 1.41. The Labute approximate surface area is 262 Å². The SMILES string of the molecule is C=C(C(=O)O)C1CCC(=C)C2CC3[C@]4(CC[C@]3(OC(O)c3ccccc3)[C@@H]2C1)C(=O)C[C@H]1C(=C)CC[C@@H](C(=C)C(=O)O)CC14.[HH].[HH]. The minimum absolute atomic E-state index is 0. The lowest BCUT2D eigenvalue weighted by Crippen LogP contribution is -2.48. The minimum atomic E-state index is -1.22. The second kappa shape index (κ2) is 11.3. The molecule has 5 fully saturated rings. The molecule has 3 N–H and O–H groups in total. The number of carbonyl (C=O) groups is 3. The normalized spacial score (nSPS) is 38.8. The molecule has 238 valence electrons. The number of ketones is 1. The zero-order valence-corrected chi connectivity index (χ0v) is 25.4. The Hall–Kier alpha value is -3.29. The van der Waals surface area contributed by atoms with Crippen LogP contribution < -0.4 is 0 Å². The van der Waals surface area contributed by atoms with Gasteiger partial charge in [-0.2, -0.15) is 0 Å². The summed E-state index contributed by atoms with van der Waals surface area (Å²) in [4.78, 5) is 38.6. The van der Waals surface area contributed by atoms with E-state index >= 15 is 0 Å². The molecule has 0 saturated heterocycles. The Morgan fingerprint density at radius 1 is 0.864 bits per heavy atom. The van der Waals surface area contributed by atoms with Gasteiger partial charge in [0.25, 0.3) is 0 Å². The second-order valence-corrected chi connectivity index (χ2v) is 14.1. The summed E-state index contributed by atoms with van der Waals surface area (Å²) >= 11 is 0. The molecule has 44 heavy (non-hydrogen) atoms. The third-order valence-electron chi connectivity index (χ3n) is 12.5. The molecule has 0 bridgehead atoms. The van der Waals surface area contributed by atoms with E-state index in [0.717, 1.165) is 11.1 Å². The molecule has 5 saturated carbocycles. The van der Waals surface area contributed by atoms with Gasteiger partial charge >= 0.3 is 11.9 Å². The van der Waals surface area contributed by atoms with Gasteiger partial charge in [-0.25, -0.2) is 9.59 Å². The molecule has 1 spiro atoms. The maximum absolute atomic E-state index is 14.5. The van der Waals surface area contributed by atoms with Crippen molar-refractivity contribution < 1.29 is 37.3 Å². The van der Waals surface area contributed by atoms with Gasteiger partial charge in [0.2, 0.25) is 0 Å². The van der Waals surface area contributed by atoms with Crippen LogP contribution in [0.4, 0.5) is 0 Å². The van der Waals surface area contributed by atoms with Crippen molar-refractivity contribution in [3.05, 3.63) is 84.5 Å². The average molecular weight is 605 g/mol. The Morgan fingerprint density at radius 3 is 2.02 bits per heavy atom. The number of carbonyl (C=O) groups excluding carboxylic acids is 1. The minimum Gasteiger partial charge on any atom is -0.478 e. The standard InChI is InChI=1S/C37H44O7.2H2/c1-20-10-13-26(23(4)34(41)42)17-30-27(20)18-31-36(14-15-37(30,31)44-35(43)24-8-6-5-7-9-24)29-16-25(22(3)33(39)40)12-11-21(2)28(29)19-32(36)38;;/h5-9,25-31,35,43H,1-4,10-19H2,(H,39,40)(H,41,42);2*1H/t25-,26?,27?,28+,29?,30-,31?,35?,36-,37+;;/m1../s1. The van der Waals surface area contributed by atoms with Gasteiger partial charge in [0, 0.05) is 37.3 Å². The summed E-state index contributed by atoms with van der Waals surface area (Å²) in [6.45, 7) is 16.7. The van der Waals surface area contributed by atoms with Crippen molar-refractivity contribution in [1.29, 1.82) is 0 Å². The predicted molar refractivity (Wildman–Crippen MR) is 169 cm³/mol. The van der Waals surface area contributed by atoms with Gasteiger partial charge < -0.3 is 20.1 Å². The van der Waals surface area contributed by atoms with Crippen LogP contribution in [0.25, 0.3) is 0 Å². The lowest BCUT2D eigenvalue weighted by Gasteiger charge is -2.44. The Bertz CT molecular complexity index is 1440. The highest BCUT2D eigenvalue weighted by Gasteiger charge is 2.73. The van der Waals surface area contributed by atoms with Gasteiger partial charge in [0.15, 0.2) is 6.29 Å². The third kappa shape index (κ3) is 4.66. The fourth-order valence-corrected chi connectivity index (χ4v) is 10.3. The molecule has 10 atom stereocenters. The monoisotopic (exact) mass is 604 g/mol. The molecule has 5 aliphatic rings. The van der Waals surface area contributed by atoms with Crippen LogP contribution in [-0.2, 0) is 19.1 Å². The lowest BCUT2D eigenvalue weighted by atomic mass is 9.63. The van der Waals surface area contributed by atoms with Crippen molar-refractivity contribution in [2.24, 2.45) is 46.8 Å². The number of carboxylic acid groups (broad SMARTS) is 2. The number of aliphatic hydroxyl groups excluding tert-OH is 1. The Balaban J connectivity index is 0.00000240. The fourth-order valence-electron chi connectivity index (χ4n) is 10.3. The van der Waals surface area contributed by atoms with Crippen LogP contribution in [0, 0.1) is 46.8 Å². The Kier molecular flexibility index (Phi) is 7.86. The highest BCUT2D eigenvalue weighted by molar-refractivity contribution is 5.90. The number of Topliss-reactive ketones (excluding diaryl/α,β-unsaturated/α-hetero) is 1. The molecule has 1 aromatic rings. The molecule has 0 amide bonds. The second-order valence-electron chi connectivity index (χ2n) is 14.1. The maximum atomic E-state index is 14.5. The number of allylic oxidation sites excluding steroid dienone is 2. The first-order chi connectivity index (χ1) is 20.9. The molecule has 0 aromatic heterocycles. The number of hydrogen-bond acceptors (Lipinski definition) is 5. The van der Waals surface area contributed by atoms with E-state index in [0.29, 0.717) is 69.8 Å². The van der Waals surface area contributed by atoms with Crippen molar-refractivity contribution >= 4 is 17.7 Å². The fraction of sp³-hybridized carbons (Fsp3) is 0.541. The van der Waals surface area contributed by atoms with Gasteiger partial charge in [-0.05, 0) is 93.3 Å². The molecule has 7 nitrogen and oxygen atoms in total. The molecule has 5 unspecified atom stereocenters. The van der Waals surface area contributed by atoms with E-state index < -0.39 is 29.2 Å². The summed E-state index contributed by atoms with van der Waals surface area (Å²) in [5, 5.41) is 31.3. The number of aliphatic hydroxyl groups is 1. The van der Waals surface area contributed by atoms with E-state index in [4.69, 9.17) is 4.74 Å². The molecule has 6 rings (SSSR count). The van der Waals surface area contributed by atoms with Crippen LogP contribution in [0.2, 0.25) is 0 Å². The molecular weight excluding hydrogens is 556 g/mol. The number of rotatable bonds is 7. The maximum Gasteiger partial charge on any atom is 0.331 e. The van der Waals surface area contributed by atoms with Gasteiger partial charge in [-0.1, -0.05) is 67.8 Å². The molecule has 0 heterocycles. The van der Waals surface area contributed by atoms with E-state index in [1.165, 1.54) is 0 Å². The van der Waals surface area contributed by atoms with Crippen LogP contribution in [-0.4, -0.2) is 38.6 Å². The van der Waals surface area contributed by atoms with E-state index in [9.17, 15) is 29.7 Å². The largest absolute Gasteiger partial charge is 0.478 e. The van der Waals surface area contributed by atoms with Gasteiger partial charge in [-0.15, -0.1) is 0 Å². The zero-order chi connectivity index (χ0) is 31.6. The molecule has 7 heteroatoms. The van der Waals surface area contributed by atoms with Crippen molar-refractivity contribution in [3.8, 4) is 0 Å². The van der Waals surface area contributed by atoms with Gasteiger partial charge in [-0.3, -0.25) is 4.79 Å². The number of benzene rings is 1. The average Bonchev–Trinajstić information content (AvgIpc) is 3.49. The molecule has 0 radical (unpaired) electrons. The highest BCUT2D eigenvalue weighted by atomic mass is 16.6. The van der Waals surface area contributed by atoms with Crippen LogP contribution in [0.15, 0.2) is 78.9 Å². The molecular formula is C37H48O7. The van der Waals surface area contributed by atoms with Crippen molar-refractivity contribution in [2.45, 2.75) is 76.1 Å². The first-order valence-corrected chi connectivity index (χ1v) is 16.0. The van der Waals surface area contributed by atoms with Gasteiger partial charge in [0.1, 0.15) is 5.78 Å². The van der Waals surface area contributed by atoms with E-state index in [-0.39, 0.29) is 61.2 Å². The zero-order valence-electron chi connectivity index (χ0n) is 25.4. The van der Waals surface area contributed by atoms with Crippen LogP contribution in [0.5, 0.6) is 0 Å². The highest BCUT2D eigenvalue weighted by Crippen LogP contribution is 2.73.